The van der Waals surface area contributed by atoms with E-state index in [0.717, 1.165) is 40.2 Å². The fourth-order valence-electron chi connectivity index (χ4n) is 3.85. The molecule has 3 aromatic heterocycles. The van der Waals surface area contributed by atoms with Crippen LogP contribution < -0.4 is 10.6 Å². The zero-order valence-electron chi connectivity index (χ0n) is 17.5. The number of pyridine rings is 1. The smallest absolute Gasteiger partial charge is 0.161 e. The van der Waals surface area contributed by atoms with Crippen molar-refractivity contribution in [3.8, 4) is 11.3 Å². The van der Waals surface area contributed by atoms with Crippen LogP contribution in [0.2, 0.25) is 0 Å². The number of rotatable bonds is 5. The summed E-state index contributed by atoms with van der Waals surface area (Å²) in [5, 5.41) is 27.0. The van der Waals surface area contributed by atoms with Gasteiger partial charge in [0.05, 0.1) is 41.7 Å². The van der Waals surface area contributed by atoms with E-state index in [1.807, 2.05) is 56.6 Å². The monoisotopic (exact) mass is 419 g/mol. The van der Waals surface area contributed by atoms with E-state index in [1.165, 1.54) is 0 Å². The zero-order valence-corrected chi connectivity index (χ0v) is 17.5. The van der Waals surface area contributed by atoms with Crippen LogP contribution in [-0.4, -0.2) is 55.0 Å². The number of aryl methyl sites for hydroxylation is 2. The van der Waals surface area contributed by atoms with Gasteiger partial charge in [-0.2, -0.15) is 10.2 Å². The molecule has 4 heterocycles. The van der Waals surface area contributed by atoms with Crippen LogP contribution in [0.1, 0.15) is 6.42 Å². The Balaban J connectivity index is 1.48. The molecule has 0 saturated carbocycles. The maximum absolute atomic E-state index is 10.3. The van der Waals surface area contributed by atoms with E-state index in [4.69, 9.17) is 9.72 Å². The normalized spacial score (nSPS) is 18.9. The van der Waals surface area contributed by atoms with E-state index in [-0.39, 0.29) is 6.04 Å². The van der Waals surface area contributed by atoms with Crippen LogP contribution in [0.25, 0.3) is 22.3 Å². The molecule has 160 valence electrons. The van der Waals surface area contributed by atoms with Crippen LogP contribution in [0.3, 0.4) is 0 Å². The molecule has 0 amide bonds. The van der Waals surface area contributed by atoms with Crippen molar-refractivity contribution >= 4 is 28.4 Å². The maximum Gasteiger partial charge on any atom is 0.161 e. The summed E-state index contributed by atoms with van der Waals surface area (Å²) in [5.74, 6) is 1.49. The second kappa shape index (κ2) is 8.01. The SMILES string of the molecule is Cn1nc(-c2ccccc2)cc1Nc1cc(N[C@@H]2CCOC[C@@H]2O)c2cnn(C)c2n1. The number of benzene rings is 1. The molecule has 0 radical (unpaired) electrons. The molecule has 0 unspecified atom stereocenters. The Morgan fingerprint density at radius 2 is 1.97 bits per heavy atom. The van der Waals surface area contributed by atoms with Crippen LogP contribution in [0.4, 0.5) is 17.3 Å². The fourth-order valence-corrected chi connectivity index (χ4v) is 3.85. The predicted molar refractivity (Wildman–Crippen MR) is 119 cm³/mol. The Morgan fingerprint density at radius 1 is 1.13 bits per heavy atom. The molecule has 2 atom stereocenters. The summed E-state index contributed by atoms with van der Waals surface area (Å²) in [6, 6.07) is 13.9. The summed E-state index contributed by atoms with van der Waals surface area (Å²) in [7, 11) is 3.76. The van der Waals surface area contributed by atoms with Crippen molar-refractivity contribution in [2.45, 2.75) is 18.6 Å². The van der Waals surface area contributed by atoms with Crippen molar-refractivity contribution in [1.82, 2.24) is 24.5 Å². The van der Waals surface area contributed by atoms with Gasteiger partial charge in [-0.15, -0.1) is 0 Å². The number of fused-ring (bicyclic) bond motifs is 1. The molecule has 0 spiro atoms. The topological polar surface area (TPSA) is 102 Å². The summed E-state index contributed by atoms with van der Waals surface area (Å²) in [6.07, 6.45) is 1.96. The van der Waals surface area contributed by atoms with Gasteiger partial charge < -0.3 is 20.5 Å². The van der Waals surface area contributed by atoms with Crippen molar-refractivity contribution in [2.24, 2.45) is 14.1 Å². The predicted octanol–water partition coefficient (Wildman–Crippen LogP) is 2.67. The summed E-state index contributed by atoms with van der Waals surface area (Å²) in [4.78, 5) is 4.75. The molecule has 1 saturated heterocycles. The minimum absolute atomic E-state index is 0.0891. The Labute approximate surface area is 179 Å². The summed E-state index contributed by atoms with van der Waals surface area (Å²) >= 11 is 0. The first-order valence-electron chi connectivity index (χ1n) is 10.3. The van der Waals surface area contributed by atoms with Crippen molar-refractivity contribution in [3.05, 3.63) is 48.7 Å². The Hall–Kier alpha value is -3.43. The van der Waals surface area contributed by atoms with Crippen LogP contribution in [-0.2, 0) is 18.8 Å². The molecule has 1 aromatic carbocycles. The lowest BCUT2D eigenvalue weighted by molar-refractivity contribution is -0.0134. The number of hydrogen-bond acceptors (Lipinski definition) is 7. The highest BCUT2D eigenvalue weighted by Crippen LogP contribution is 2.29. The summed E-state index contributed by atoms with van der Waals surface area (Å²) in [5.41, 5.74) is 3.56. The standard InChI is InChI=1S/C22H25N7O2/c1-28-21(11-17(27-28)14-6-4-3-5-7-14)25-20-10-18(15-12-23-29(2)22(15)26-20)24-16-8-9-31-13-19(16)30/h3-7,10-12,16,19,30H,8-9,13H2,1-2H3,(H2,24,25,26)/t16-,19+/m1/s1. The van der Waals surface area contributed by atoms with Crippen LogP contribution >= 0.6 is 0 Å². The van der Waals surface area contributed by atoms with E-state index in [0.29, 0.717) is 19.0 Å². The van der Waals surface area contributed by atoms with Crippen LogP contribution in [0.5, 0.6) is 0 Å². The lowest BCUT2D eigenvalue weighted by Crippen LogP contribution is -2.41. The van der Waals surface area contributed by atoms with E-state index >= 15 is 0 Å². The number of ether oxygens (including phenoxy) is 1. The minimum Gasteiger partial charge on any atom is -0.389 e. The van der Waals surface area contributed by atoms with Gasteiger partial charge in [0.1, 0.15) is 11.6 Å². The molecule has 4 aromatic rings. The van der Waals surface area contributed by atoms with E-state index in [9.17, 15) is 5.11 Å². The van der Waals surface area contributed by atoms with Gasteiger partial charge in [0, 0.05) is 38.4 Å². The first-order valence-corrected chi connectivity index (χ1v) is 10.3. The van der Waals surface area contributed by atoms with E-state index in [1.54, 1.807) is 15.6 Å². The molecule has 3 N–H and O–H groups in total. The number of aliphatic hydroxyl groups excluding tert-OH is 1. The van der Waals surface area contributed by atoms with Crippen LogP contribution in [0.15, 0.2) is 48.7 Å². The first-order chi connectivity index (χ1) is 15.1. The van der Waals surface area contributed by atoms with Gasteiger partial charge in [-0.05, 0) is 6.42 Å². The quantitative estimate of drug-likeness (QED) is 0.457. The average Bonchev–Trinajstić information content (AvgIpc) is 3.33. The number of anilines is 3. The van der Waals surface area contributed by atoms with Gasteiger partial charge in [0.25, 0.3) is 0 Å². The Kier molecular flexibility index (Phi) is 5.05. The molecule has 5 rings (SSSR count). The highest BCUT2D eigenvalue weighted by molar-refractivity contribution is 5.91. The van der Waals surface area contributed by atoms with Crippen molar-refractivity contribution in [2.75, 3.05) is 23.8 Å². The molecule has 1 aliphatic rings. The van der Waals surface area contributed by atoms with Gasteiger partial charge in [0.15, 0.2) is 5.65 Å². The molecule has 9 nitrogen and oxygen atoms in total. The summed E-state index contributed by atoms with van der Waals surface area (Å²) in [6.45, 7) is 0.958. The number of aromatic nitrogens is 5. The lowest BCUT2D eigenvalue weighted by Gasteiger charge is -2.29. The minimum atomic E-state index is -0.560. The molecular formula is C22H25N7O2. The van der Waals surface area contributed by atoms with Crippen LogP contribution in [0, 0.1) is 0 Å². The summed E-state index contributed by atoms with van der Waals surface area (Å²) < 4.78 is 8.89. The van der Waals surface area contributed by atoms with Gasteiger partial charge in [-0.3, -0.25) is 9.36 Å². The average molecular weight is 419 g/mol. The Bertz CT molecular complexity index is 1200. The molecule has 0 aliphatic carbocycles. The van der Waals surface area contributed by atoms with Gasteiger partial charge in [0.2, 0.25) is 0 Å². The fraction of sp³-hybridized carbons (Fsp3) is 0.318. The number of aliphatic hydroxyl groups is 1. The number of hydrogen-bond donors (Lipinski definition) is 3. The Morgan fingerprint density at radius 3 is 2.77 bits per heavy atom. The highest BCUT2D eigenvalue weighted by Gasteiger charge is 2.25. The molecule has 1 aliphatic heterocycles. The van der Waals surface area contributed by atoms with E-state index < -0.39 is 6.10 Å². The number of nitrogens with zero attached hydrogens (tertiary/aromatic N) is 5. The molecule has 31 heavy (non-hydrogen) atoms. The molecule has 1 fully saturated rings. The molecule has 9 heteroatoms. The van der Waals surface area contributed by atoms with Gasteiger partial charge in [-0.1, -0.05) is 30.3 Å². The maximum atomic E-state index is 10.3. The third-order valence-electron chi connectivity index (χ3n) is 5.58. The largest absolute Gasteiger partial charge is 0.389 e. The second-order valence-corrected chi connectivity index (χ2v) is 7.77. The highest BCUT2D eigenvalue weighted by atomic mass is 16.5. The van der Waals surface area contributed by atoms with Crippen molar-refractivity contribution in [3.63, 3.8) is 0 Å². The third kappa shape index (κ3) is 3.85. The van der Waals surface area contributed by atoms with Gasteiger partial charge >= 0.3 is 0 Å². The molecular weight excluding hydrogens is 394 g/mol. The van der Waals surface area contributed by atoms with E-state index in [2.05, 4.69) is 20.8 Å². The number of nitrogens with one attached hydrogen (secondary N) is 2. The molecule has 0 bridgehead atoms. The zero-order chi connectivity index (χ0) is 21.4. The van der Waals surface area contributed by atoms with Gasteiger partial charge in [-0.25, -0.2) is 4.98 Å². The second-order valence-electron chi connectivity index (χ2n) is 7.77. The van der Waals surface area contributed by atoms with Crippen molar-refractivity contribution < 1.29 is 9.84 Å². The third-order valence-corrected chi connectivity index (χ3v) is 5.58. The first kappa shape index (κ1) is 19.5. The van der Waals surface area contributed by atoms with Crippen molar-refractivity contribution in [1.29, 1.82) is 0 Å². The lowest BCUT2D eigenvalue weighted by atomic mass is 10.1.